The molecule has 1 saturated carbocycles. The Labute approximate surface area is 105 Å². The van der Waals surface area contributed by atoms with Crippen LogP contribution in [0.2, 0.25) is 0 Å². The molecule has 0 amide bonds. The quantitative estimate of drug-likeness (QED) is 0.895. The summed E-state index contributed by atoms with van der Waals surface area (Å²) in [6.45, 7) is 0.612. The number of carboxylic acid groups (broad SMARTS) is 1. The van der Waals surface area contributed by atoms with Gasteiger partial charge in [0.05, 0.1) is 24.0 Å². The Balaban J connectivity index is 2.11. The van der Waals surface area contributed by atoms with Crippen LogP contribution in [-0.4, -0.2) is 24.3 Å². The first-order valence-corrected chi connectivity index (χ1v) is 6.19. The van der Waals surface area contributed by atoms with E-state index < -0.39 is 16.8 Å². The molecule has 3 rings (SSSR count). The maximum Gasteiger partial charge on any atom is 0.310 e. The summed E-state index contributed by atoms with van der Waals surface area (Å²) in [5.41, 5.74) is -1.02. The first-order valence-electron chi connectivity index (χ1n) is 6.19. The number of aliphatic carboxylic acids is 1. The maximum absolute atomic E-state index is 14.0. The van der Waals surface area contributed by atoms with Crippen molar-refractivity contribution in [3.05, 3.63) is 35.6 Å². The Morgan fingerprint density at radius 1 is 1.28 bits per heavy atom. The molecular formula is C14H15FO3. The van der Waals surface area contributed by atoms with Crippen molar-refractivity contribution in [1.29, 1.82) is 0 Å². The molecule has 96 valence electrons. The maximum atomic E-state index is 14.0. The van der Waals surface area contributed by atoms with Gasteiger partial charge in [0.25, 0.3) is 0 Å². The van der Waals surface area contributed by atoms with Crippen LogP contribution < -0.4 is 0 Å². The molecule has 2 fully saturated rings. The monoisotopic (exact) mass is 250 g/mol. The molecule has 0 atom stereocenters. The molecule has 1 aliphatic heterocycles. The van der Waals surface area contributed by atoms with E-state index in [9.17, 15) is 14.3 Å². The number of hydrogen-bond acceptors (Lipinski definition) is 2. The molecular weight excluding hydrogens is 235 g/mol. The Morgan fingerprint density at radius 3 is 2.33 bits per heavy atom. The van der Waals surface area contributed by atoms with Gasteiger partial charge in [0.1, 0.15) is 5.82 Å². The van der Waals surface area contributed by atoms with E-state index in [1.165, 1.54) is 6.07 Å². The van der Waals surface area contributed by atoms with Crippen LogP contribution in [0.1, 0.15) is 24.8 Å². The van der Waals surface area contributed by atoms with Gasteiger partial charge in [-0.1, -0.05) is 24.6 Å². The van der Waals surface area contributed by atoms with E-state index in [4.69, 9.17) is 4.74 Å². The zero-order chi connectivity index (χ0) is 12.8. The first-order chi connectivity index (χ1) is 8.62. The highest BCUT2D eigenvalue weighted by atomic mass is 19.1. The van der Waals surface area contributed by atoms with E-state index in [1.54, 1.807) is 18.2 Å². The largest absolute Gasteiger partial charge is 0.481 e. The van der Waals surface area contributed by atoms with Crippen molar-refractivity contribution in [3.63, 3.8) is 0 Å². The van der Waals surface area contributed by atoms with Crippen molar-refractivity contribution >= 4 is 5.97 Å². The molecule has 0 unspecified atom stereocenters. The van der Waals surface area contributed by atoms with Crippen LogP contribution in [0.25, 0.3) is 0 Å². The van der Waals surface area contributed by atoms with Crippen molar-refractivity contribution in [2.75, 3.05) is 13.2 Å². The average Bonchev–Trinajstić information content (AvgIpc) is 2.21. The van der Waals surface area contributed by atoms with Crippen LogP contribution in [0.5, 0.6) is 0 Å². The molecule has 1 saturated heterocycles. The van der Waals surface area contributed by atoms with Crippen LogP contribution in [0, 0.1) is 11.2 Å². The van der Waals surface area contributed by atoms with E-state index in [1.807, 2.05) is 0 Å². The summed E-state index contributed by atoms with van der Waals surface area (Å²) in [7, 11) is 0. The van der Waals surface area contributed by atoms with Crippen molar-refractivity contribution in [1.82, 2.24) is 0 Å². The summed E-state index contributed by atoms with van der Waals surface area (Å²) < 4.78 is 19.3. The van der Waals surface area contributed by atoms with Gasteiger partial charge in [-0.15, -0.1) is 0 Å². The average molecular weight is 250 g/mol. The van der Waals surface area contributed by atoms with E-state index in [0.29, 0.717) is 31.6 Å². The lowest BCUT2D eigenvalue weighted by Gasteiger charge is -2.57. The number of rotatable bonds is 3. The lowest BCUT2D eigenvalue weighted by atomic mass is 9.49. The van der Waals surface area contributed by atoms with Gasteiger partial charge in [0.15, 0.2) is 0 Å². The molecule has 0 bridgehead atoms. The van der Waals surface area contributed by atoms with Gasteiger partial charge >= 0.3 is 5.97 Å². The van der Waals surface area contributed by atoms with Gasteiger partial charge in [-0.05, 0) is 24.5 Å². The van der Waals surface area contributed by atoms with Crippen molar-refractivity contribution < 1.29 is 19.0 Å². The number of halogens is 1. The standard InChI is InChI=1S/C14H15FO3/c15-11-5-2-1-4-10(11)14(8-18-9-14)13(12(16)17)6-3-7-13/h1-2,4-5H,3,6-9H2,(H,16,17). The second-order valence-corrected chi connectivity index (χ2v) is 5.30. The van der Waals surface area contributed by atoms with Gasteiger partial charge in [0, 0.05) is 0 Å². The van der Waals surface area contributed by atoms with Gasteiger partial charge in [-0.3, -0.25) is 4.79 Å². The predicted octanol–water partition coefficient (Wildman–Crippen LogP) is 2.35. The van der Waals surface area contributed by atoms with Gasteiger partial charge < -0.3 is 9.84 Å². The molecule has 4 heteroatoms. The summed E-state index contributed by atoms with van der Waals surface area (Å²) in [5.74, 6) is -1.14. The summed E-state index contributed by atoms with van der Waals surface area (Å²) in [6.07, 6.45) is 2.11. The molecule has 0 radical (unpaired) electrons. The van der Waals surface area contributed by atoms with Crippen molar-refractivity contribution in [2.24, 2.45) is 5.41 Å². The molecule has 1 N–H and O–H groups in total. The van der Waals surface area contributed by atoms with Gasteiger partial charge in [-0.2, -0.15) is 0 Å². The van der Waals surface area contributed by atoms with E-state index in [2.05, 4.69) is 0 Å². The van der Waals surface area contributed by atoms with E-state index >= 15 is 0 Å². The SMILES string of the molecule is O=C(O)C1(C2(c3ccccc3F)COC2)CCC1. The fourth-order valence-electron chi connectivity index (χ4n) is 3.27. The molecule has 1 aliphatic carbocycles. The van der Waals surface area contributed by atoms with Gasteiger partial charge in [-0.25, -0.2) is 4.39 Å². The number of carbonyl (C=O) groups is 1. The Hall–Kier alpha value is -1.42. The minimum atomic E-state index is -0.840. The van der Waals surface area contributed by atoms with Crippen molar-refractivity contribution in [3.8, 4) is 0 Å². The molecule has 1 aromatic carbocycles. The Bertz CT molecular complexity index is 490. The van der Waals surface area contributed by atoms with Crippen LogP contribution in [0.4, 0.5) is 4.39 Å². The van der Waals surface area contributed by atoms with E-state index in [-0.39, 0.29) is 5.82 Å². The highest BCUT2D eigenvalue weighted by molar-refractivity contribution is 5.79. The number of carboxylic acids is 1. The minimum Gasteiger partial charge on any atom is -0.481 e. The van der Waals surface area contributed by atoms with Gasteiger partial charge in [0.2, 0.25) is 0 Å². The zero-order valence-electron chi connectivity index (χ0n) is 9.99. The topological polar surface area (TPSA) is 46.5 Å². The van der Waals surface area contributed by atoms with Crippen LogP contribution in [-0.2, 0) is 14.9 Å². The minimum absolute atomic E-state index is 0.306. The molecule has 3 nitrogen and oxygen atoms in total. The normalized spacial score (nSPS) is 23.8. The number of hydrogen-bond donors (Lipinski definition) is 1. The first kappa shape index (κ1) is 11.7. The van der Waals surface area contributed by atoms with Crippen LogP contribution >= 0.6 is 0 Å². The van der Waals surface area contributed by atoms with Crippen molar-refractivity contribution in [2.45, 2.75) is 24.7 Å². The molecule has 1 heterocycles. The lowest BCUT2D eigenvalue weighted by Crippen LogP contribution is -2.65. The summed E-state index contributed by atoms with van der Waals surface area (Å²) >= 11 is 0. The fraction of sp³-hybridized carbons (Fsp3) is 0.500. The van der Waals surface area contributed by atoms with E-state index in [0.717, 1.165) is 6.42 Å². The number of benzene rings is 1. The third-order valence-corrected chi connectivity index (χ3v) is 4.62. The fourth-order valence-corrected chi connectivity index (χ4v) is 3.27. The highest BCUT2D eigenvalue weighted by Gasteiger charge is 2.64. The molecule has 2 aliphatic rings. The summed E-state index contributed by atoms with van der Waals surface area (Å²) in [4.78, 5) is 11.6. The second-order valence-electron chi connectivity index (χ2n) is 5.30. The third kappa shape index (κ3) is 1.24. The molecule has 0 spiro atoms. The molecule has 1 aromatic rings. The predicted molar refractivity (Wildman–Crippen MR) is 62.8 cm³/mol. The molecule has 18 heavy (non-hydrogen) atoms. The summed E-state index contributed by atoms with van der Waals surface area (Å²) in [5, 5.41) is 9.56. The Morgan fingerprint density at radius 2 is 1.94 bits per heavy atom. The number of ether oxygens (including phenoxy) is 1. The smallest absolute Gasteiger partial charge is 0.310 e. The molecule has 0 aromatic heterocycles. The van der Waals surface area contributed by atoms with Crippen LogP contribution in [0.15, 0.2) is 24.3 Å². The second kappa shape index (κ2) is 3.79. The Kier molecular flexibility index (Phi) is 2.45. The summed E-state index contributed by atoms with van der Waals surface area (Å²) in [6, 6.07) is 6.47. The van der Waals surface area contributed by atoms with Crippen LogP contribution in [0.3, 0.4) is 0 Å². The zero-order valence-corrected chi connectivity index (χ0v) is 9.99. The highest BCUT2D eigenvalue weighted by Crippen LogP contribution is 2.58. The third-order valence-electron chi connectivity index (χ3n) is 4.62. The lowest BCUT2D eigenvalue weighted by molar-refractivity contribution is -0.192.